The smallest absolute Gasteiger partial charge is 0.394 e. The molecule has 1 aliphatic heterocycles. The molecule has 0 saturated carbocycles. The highest BCUT2D eigenvalue weighted by Gasteiger charge is 2.25. The van der Waals surface area contributed by atoms with E-state index in [2.05, 4.69) is 31.7 Å². The summed E-state index contributed by atoms with van der Waals surface area (Å²) < 4.78 is 18.0. The molecule has 0 amide bonds. The first-order valence-corrected chi connectivity index (χ1v) is 12.2. The van der Waals surface area contributed by atoms with Crippen molar-refractivity contribution in [3.63, 3.8) is 0 Å². The van der Waals surface area contributed by atoms with Crippen molar-refractivity contribution < 1.29 is 18.7 Å². The number of likely N-dealkylation sites (tertiary alicyclic amines) is 1. The standard InChI is InChI=1S/C27H28N6O4/c1-17-13-18(14-28)7-8-20(17)16-36-23-6-4-5-21(29-23)19-9-11-33(12-10-19)15-22-30-24-26(32(22)2)37-25(31-24)27(34)35-3/h4-8,13,19H,9-12,15-16H2,1-3H3. The monoisotopic (exact) mass is 500 g/mol. The predicted octanol–water partition coefficient (Wildman–Crippen LogP) is 3.88. The average Bonchev–Trinajstić information content (AvgIpc) is 3.47. The van der Waals surface area contributed by atoms with Crippen LogP contribution in [0.3, 0.4) is 0 Å². The van der Waals surface area contributed by atoms with Crippen molar-refractivity contribution in [2.75, 3.05) is 20.2 Å². The number of nitriles is 1. The molecule has 1 aliphatic rings. The van der Waals surface area contributed by atoms with Crippen LogP contribution in [0.4, 0.5) is 0 Å². The van der Waals surface area contributed by atoms with E-state index in [0.29, 0.717) is 41.9 Å². The van der Waals surface area contributed by atoms with Gasteiger partial charge in [-0.05, 0) is 62.2 Å². The number of esters is 1. The maximum absolute atomic E-state index is 11.7. The molecule has 1 aromatic carbocycles. The van der Waals surface area contributed by atoms with Crippen molar-refractivity contribution >= 4 is 17.3 Å². The molecule has 0 unspecified atom stereocenters. The Labute approximate surface area is 214 Å². The van der Waals surface area contributed by atoms with Gasteiger partial charge >= 0.3 is 11.9 Å². The van der Waals surface area contributed by atoms with E-state index in [-0.39, 0.29) is 5.89 Å². The zero-order valence-electron chi connectivity index (χ0n) is 21.1. The van der Waals surface area contributed by atoms with E-state index < -0.39 is 5.97 Å². The van der Waals surface area contributed by atoms with Gasteiger partial charge in [-0.15, -0.1) is 0 Å². The number of ether oxygens (including phenoxy) is 2. The number of aryl methyl sites for hydroxylation is 2. The Hall–Kier alpha value is -4.23. The summed E-state index contributed by atoms with van der Waals surface area (Å²) in [6.45, 7) is 4.89. The molecular formula is C27H28N6O4. The Morgan fingerprint density at radius 2 is 2.00 bits per heavy atom. The number of carbonyl (C=O) groups is 1. The molecule has 4 aromatic rings. The summed E-state index contributed by atoms with van der Waals surface area (Å²) in [5.74, 6) is 1.10. The fourth-order valence-electron chi connectivity index (χ4n) is 4.63. The summed E-state index contributed by atoms with van der Waals surface area (Å²) in [6.07, 6.45) is 1.97. The number of hydrogen-bond donors (Lipinski definition) is 0. The number of piperidine rings is 1. The lowest BCUT2D eigenvalue weighted by atomic mass is 9.93. The molecule has 190 valence electrons. The number of hydrogen-bond acceptors (Lipinski definition) is 9. The third kappa shape index (κ3) is 5.17. The summed E-state index contributed by atoms with van der Waals surface area (Å²) in [5, 5.41) is 9.05. The van der Waals surface area contributed by atoms with Crippen LogP contribution in [0, 0.1) is 18.3 Å². The average molecular weight is 501 g/mol. The third-order valence-electron chi connectivity index (χ3n) is 6.84. The first-order valence-electron chi connectivity index (χ1n) is 12.2. The number of nitrogens with zero attached hydrogens (tertiary/aromatic N) is 6. The summed E-state index contributed by atoms with van der Waals surface area (Å²) in [5.41, 5.74) is 4.63. The van der Waals surface area contributed by atoms with Crippen LogP contribution >= 0.6 is 0 Å². The van der Waals surface area contributed by atoms with E-state index >= 15 is 0 Å². The minimum absolute atomic E-state index is 0.0892. The zero-order chi connectivity index (χ0) is 25.9. The van der Waals surface area contributed by atoms with Gasteiger partial charge in [-0.25, -0.2) is 14.8 Å². The Kier molecular flexibility index (Phi) is 6.88. The maximum atomic E-state index is 11.7. The van der Waals surface area contributed by atoms with E-state index in [0.717, 1.165) is 48.6 Å². The van der Waals surface area contributed by atoms with Gasteiger partial charge in [0.1, 0.15) is 12.4 Å². The number of oxazole rings is 1. The Morgan fingerprint density at radius 3 is 2.70 bits per heavy atom. The molecular weight excluding hydrogens is 472 g/mol. The lowest BCUT2D eigenvalue weighted by Gasteiger charge is -2.31. The third-order valence-corrected chi connectivity index (χ3v) is 6.84. The van der Waals surface area contributed by atoms with E-state index in [1.54, 1.807) is 0 Å². The lowest BCUT2D eigenvalue weighted by molar-refractivity contribution is 0.0558. The van der Waals surface area contributed by atoms with Crippen molar-refractivity contribution in [1.29, 1.82) is 5.26 Å². The van der Waals surface area contributed by atoms with Crippen LogP contribution in [0.2, 0.25) is 0 Å². The van der Waals surface area contributed by atoms with Crippen LogP contribution in [0.5, 0.6) is 5.88 Å². The van der Waals surface area contributed by atoms with Gasteiger partial charge < -0.3 is 13.9 Å². The highest BCUT2D eigenvalue weighted by Crippen LogP contribution is 2.29. The molecule has 10 nitrogen and oxygen atoms in total. The number of aromatic nitrogens is 4. The summed E-state index contributed by atoms with van der Waals surface area (Å²) >= 11 is 0. The van der Waals surface area contributed by atoms with Gasteiger partial charge in [0, 0.05) is 24.7 Å². The van der Waals surface area contributed by atoms with Gasteiger partial charge in [0.2, 0.25) is 17.2 Å². The minimum atomic E-state index is -0.617. The molecule has 0 aliphatic carbocycles. The topological polar surface area (TPSA) is 119 Å². The quantitative estimate of drug-likeness (QED) is 0.348. The number of fused-ring (bicyclic) bond motifs is 1. The molecule has 37 heavy (non-hydrogen) atoms. The van der Waals surface area contributed by atoms with Gasteiger partial charge in [0.25, 0.3) is 0 Å². The van der Waals surface area contributed by atoms with E-state index in [9.17, 15) is 4.79 Å². The first kappa shape index (κ1) is 24.5. The highest BCUT2D eigenvalue weighted by molar-refractivity contribution is 5.86. The highest BCUT2D eigenvalue weighted by atomic mass is 16.5. The largest absolute Gasteiger partial charge is 0.473 e. The predicted molar refractivity (Wildman–Crippen MR) is 134 cm³/mol. The molecule has 5 rings (SSSR count). The molecule has 10 heteroatoms. The van der Waals surface area contributed by atoms with Crippen molar-refractivity contribution in [1.82, 2.24) is 24.4 Å². The van der Waals surface area contributed by atoms with Gasteiger partial charge in [-0.2, -0.15) is 10.2 Å². The maximum Gasteiger partial charge on any atom is 0.394 e. The zero-order valence-corrected chi connectivity index (χ0v) is 21.1. The van der Waals surface area contributed by atoms with E-state index in [4.69, 9.17) is 19.4 Å². The first-order chi connectivity index (χ1) is 17.9. The molecule has 0 bridgehead atoms. The second-order valence-corrected chi connectivity index (χ2v) is 9.22. The molecule has 3 aromatic heterocycles. The van der Waals surface area contributed by atoms with Crippen molar-refractivity contribution in [3.05, 3.63) is 70.5 Å². The number of carbonyl (C=O) groups excluding carboxylic acids is 1. The fraction of sp³-hybridized carbons (Fsp3) is 0.370. The van der Waals surface area contributed by atoms with Crippen LogP contribution in [-0.4, -0.2) is 50.6 Å². The Morgan fingerprint density at radius 1 is 1.19 bits per heavy atom. The van der Waals surface area contributed by atoms with Gasteiger partial charge in [0.05, 0.1) is 25.3 Å². The lowest BCUT2D eigenvalue weighted by Crippen LogP contribution is -2.33. The molecule has 1 fully saturated rings. The molecule has 1 saturated heterocycles. The SMILES string of the molecule is COC(=O)c1nc2nc(CN3CCC(c4cccc(OCc5ccc(C#N)cc5C)n4)CC3)n(C)c2o1. The normalized spacial score (nSPS) is 14.5. The van der Waals surface area contributed by atoms with Crippen LogP contribution in [0.15, 0.2) is 40.8 Å². The fourth-order valence-corrected chi connectivity index (χ4v) is 4.63. The Balaban J connectivity index is 1.17. The van der Waals surface area contributed by atoms with Gasteiger partial charge in [0.15, 0.2) is 0 Å². The summed E-state index contributed by atoms with van der Waals surface area (Å²) in [4.78, 5) is 27.5. The van der Waals surface area contributed by atoms with E-state index in [1.807, 2.05) is 48.9 Å². The second-order valence-electron chi connectivity index (χ2n) is 9.22. The number of rotatable bonds is 7. The summed E-state index contributed by atoms with van der Waals surface area (Å²) in [7, 11) is 3.15. The number of imidazole rings is 1. The molecule has 0 atom stereocenters. The van der Waals surface area contributed by atoms with Crippen LogP contribution < -0.4 is 4.74 Å². The van der Waals surface area contributed by atoms with Crippen LogP contribution in [-0.2, 0) is 24.9 Å². The minimum Gasteiger partial charge on any atom is -0.473 e. The number of methoxy groups -OCH3 is 1. The van der Waals surface area contributed by atoms with Crippen molar-refractivity contribution in [2.45, 2.75) is 38.8 Å². The molecule has 0 N–H and O–H groups in total. The van der Waals surface area contributed by atoms with Gasteiger partial charge in [-0.1, -0.05) is 12.1 Å². The van der Waals surface area contributed by atoms with Crippen LogP contribution in [0.1, 0.15) is 57.7 Å². The molecule has 4 heterocycles. The van der Waals surface area contributed by atoms with Crippen molar-refractivity contribution in [2.24, 2.45) is 7.05 Å². The second kappa shape index (κ2) is 10.4. The Bertz CT molecular complexity index is 1480. The van der Waals surface area contributed by atoms with E-state index in [1.165, 1.54) is 7.11 Å². The number of pyridine rings is 1. The van der Waals surface area contributed by atoms with Crippen molar-refractivity contribution in [3.8, 4) is 11.9 Å². The summed E-state index contributed by atoms with van der Waals surface area (Å²) in [6, 6.07) is 13.7. The number of benzene rings is 1. The van der Waals surface area contributed by atoms with Crippen LogP contribution in [0.25, 0.3) is 11.4 Å². The molecule has 0 radical (unpaired) electrons. The molecule has 0 spiro atoms. The van der Waals surface area contributed by atoms with Gasteiger partial charge in [-0.3, -0.25) is 9.47 Å².